The Morgan fingerprint density at radius 1 is 1.00 bits per heavy atom. The van der Waals surface area contributed by atoms with Gasteiger partial charge >= 0.3 is 6.09 Å². The van der Waals surface area contributed by atoms with E-state index in [2.05, 4.69) is 20.9 Å². The monoisotopic (exact) mass is 547 g/mol. The third-order valence-electron chi connectivity index (χ3n) is 7.65. The highest BCUT2D eigenvalue weighted by atomic mass is 16.6. The summed E-state index contributed by atoms with van der Waals surface area (Å²) in [6.07, 6.45) is 6.00. The molecule has 2 aliphatic rings. The van der Waals surface area contributed by atoms with Gasteiger partial charge in [0, 0.05) is 43.2 Å². The van der Waals surface area contributed by atoms with Gasteiger partial charge in [0.25, 0.3) is 5.91 Å². The van der Waals surface area contributed by atoms with E-state index in [4.69, 9.17) is 19.6 Å². The molecule has 1 aromatic carbocycles. The molecule has 212 valence electrons. The van der Waals surface area contributed by atoms with Crippen LogP contribution in [0, 0.1) is 11.8 Å². The van der Waals surface area contributed by atoms with Gasteiger partial charge in [-0.05, 0) is 61.8 Å². The van der Waals surface area contributed by atoms with Gasteiger partial charge in [0.05, 0.1) is 36.6 Å². The predicted octanol–water partition coefficient (Wildman–Crippen LogP) is 3.75. The Bertz CT molecular complexity index is 1290. The number of anilines is 1. The number of benzene rings is 1. The number of pyridine rings is 2. The summed E-state index contributed by atoms with van der Waals surface area (Å²) in [5, 5.41) is 18.9. The molecule has 0 bridgehead atoms. The molecule has 4 N–H and O–H groups in total. The number of aliphatic hydroxyl groups excluding tert-OH is 1. The number of hydrogen-bond donors (Lipinski definition) is 4. The number of amides is 2. The number of carbonyl (C=O) groups excluding carboxylic acids is 2. The van der Waals surface area contributed by atoms with E-state index in [1.54, 1.807) is 6.20 Å². The maximum absolute atomic E-state index is 13.4. The minimum absolute atomic E-state index is 0.0278. The number of rotatable bonds is 10. The zero-order valence-corrected chi connectivity index (χ0v) is 22.6. The van der Waals surface area contributed by atoms with Crippen LogP contribution in [-0.4, -0.2) is 72.6 Å². The second kappa shape index (κ2) is 13.5. The molecule has 0 spiro atoms. The Balaban J connectivity index is 1.15. The van der Waals surface area contributed by atoms with Crippen LogP contribution in [0.25, 0.3) is 22.2 Å². The largest absolute Gasteiger partial charge is 0.444 e. The quantitative estimate of drug-likeness (QED) is 0.302. The van der Waals surface area contributed by atoms with Gasteiger partial charge in [0.15, 0.2) is 0 Å². The maximum Gasteiger partial charge on any atom is 0.407 e. The number of hydrogen-bond acceptors (Lipinski definition) is 8. The number of nitrogens with zero attached hydrogens (tertiary/aromatic N) is 2. The number of fused-ring (bicyclic) bond motifs is 1. The van der Waals surface area contributed by atoms with Gasteiger partial charge in [-0.25, -0.2) is 14.8 Å². The van der Waals surface area contributed by atoms with Crippen LogP contribution in [0.3, 0.4) is 0 Å². The highest BCUT2D eigenvalue weighted by Crippen LogP contribution is 2.29. The van der Waals surface area contributed by atoms with Crippen LogP contribution < -0.4 is 16.0 Å². The Kier molecular flexibility index (Phi) is 9.41. The molecule has 10 heteroatoms. The summed E-state index contributed by atoms with van der Waals surface area (Å²) in [6.45, 7) is 2.81. The van der Waals surface area contributed by atoms with Gasteiger partial charge in [-0.15, -0.1) is 0 Å². The van der Waals surface area contributed by atoms with Crippen molar-refractivity contribution < 1.29 is 24.2 Å². The zero-order valence-electron chi connectivity index (χ0n) is 22.6. The molecule has 1 saturated heterocycles. The van der Waals surface area contributed by atoms with E-state index in [-0.39, 0.29) is 24.7 Å². The minimum Gasteiger partial charge on any atom is -0.444 e. The fraction of sp³-hybridized carbons (Fsp3) is 0.467. The van der Waals surface area contributed by atoms with Gasteiger partial charge in [-0.1, -0.05) is 18.2 Å². The van der Waals surface area contributed by atoms with Crippen LogP contribution in [0.1, 0.15) is 42.5 Å². The molecule has 2 fully saturated rings. The number of carbonyl (C=O) groups is 2. The summed E-state index contributed by atoms with van der Waals surface area (Å²) >= 11 is 0. The Labute approximate surface area is 233 Å². The number of ether oxygens (including phenoxy) is 2. The van der Waals surface area contributed by atoms with Crippen molar-refractivity contribution in [1.82, 2.24) is 20.6 Å². The van der Waals surface area contributed by atoms with Crippen LogP contribution in [-0.2, 0) is 9.47 Å². The van der Waals surface area contributed by atoms with Gasteiger partial charge < -0.3 is 30.5 Å². The van der Waals surface area contributed by atoms with Crippen molar-refractivity contribution in [3.63, 3.8) is 0 Å². The number of aromatic nitrogens is 2. The van der Waals surface area contributed by atoms with Crippen LogP contribution in [0.2, 0.25) is 0 Å². The normalized spacial score (nSPS) is 20.7. The molecule has 1 aliphatic heterocycles. The first-order chi connectivity index (χ1) is 19.6. The van der Waals surface area contributed by atoms with Crippen molar-refractivity contribution >= 4 is 28.7 Å². The molecule has 3 aromatic rings. The Morgan fingerprint density at radius 3 is 2.48 bits per heavy atom. The van der Waals surface area contributed by atoms with E-state index in [0.29, 0.717) is 61.8 Å². The molecule has 5 rings (SSSR count). The summed E-state index contributed by atoms with van der Waals surface area (Å²) < 4.78 is 10.6. The Hall–Kier alpha value is -3.76. The molecule has 2 amide bonds. The van der Waals surface area contributed by atoms with Crippen LogP contribution in [0.5, 0.6) is 0 Å². The van der Waals surface area contributed by atoms with E-state index in [0.717, 1.165) is 48.6 Å². The van der Waals surface area contributed by atoms with Crippen molar-refractivity contribution in [3.8, 4) is 11.3 Å². The second-order valence-electron chi connectivity index (χ2n) is 10.5. The SMILES string of the molecule is O=C(NCC1CCC(CNC(=O)c2cc(-c3ccc(NCCO)nc3)nc3ccccc23)CC1)O[C@H]1CCOC1. The first-order valence-electron chi connectivity index (χ1n) is 14.1. The average molecular weight is 548 g/mol. The summed E-state index contributed by atoms with van der Waals surface area (Å²) in [5.74, 6) is 1.38. The molecule has 1 saturated carbocycles. The van der Waals surface area contributed by atoms with Crippen LogP contribution in [0.15, 0.2) is 48.7 Å². The van der Waals surface area contributed by atoms with Crippen molar-refractivity contribution in [1.29, 1.82) is 0 Å². The topological polar surface area (TPSA) is 135 Å². The van der Waals surface area contributed by atoms with Crippen molar-refractivity contribution in [2.75, 3.05) is 44.8 Å². The molecule has 2 aromatic heterocycles. The fourth-order valence-corrected chi connectivity index (χ4v) is 5.34. The number of alkyl carbamates (subject to hydrolysis) is 1. The highest BCUT2D eigenvalue weighted by molar-refractivity contribution is 6.07. The lowest BCUT2D eigenvalue weighted by Crippen LogP contribution is -2.36. The molecule has 0 unspecified atom stereocenters. The number of nitrogens with one attached hydrogen (secondary N) is 3. The van der Waals surface area contributed by atoms with Crippen molar-refractivity contribution in [2.24, 2.45) is 11.8 Å². The predicted molar refractivity (Wildman–Crippen MR) is 152 cm³/mol. The first-order valence-corrected chi connectivity index (χ1v) is 14.1. The third-order valence-corrected chi connectivity index (χ3v) is 7.65. The first kappa shape index (κ1) is 27.8. The van der Waals surface area contributed by atoms with E-state index >= 15 is 0 Å². The van der Waals surface area contributed by atoms with E-state index in [1.165, 1.54) is 0 Å². The molecule has 3 heterocycles. The molecular formula is C30H37N5O5. The summed E-state index contributed by atoms with van der Waals surface area (Å²) in [5.41, 5.74) is 2.82. The molecule has 0 radical (unpaired) electrons. The maximum atomic E-state index is 13.4. The second-order valence-corrected chi connectivity index (χ2v) is 10.5. The lowest BCUT2D eigenvalue weighted by Gasteiger charge is -2.28. The van der Waals surface area contributed by atoms with Crippen molar-refractivity contribution in [3.05, 3.63) is 54.2 Å². The van der Waals surface area contributed by atoms with Crippen LogP contribution >= 0.6 is 0 Å². The van der Waals surface area contributed by atoms with Gasteiger partial charge in [0.2, 0.25) is 0 Å². The lowest BCUT2D eigenvalue weighted by molar-refractivity contribution is 0.0813. The lowest BCUT2D eigenvalue weighted by atomic mass is 9.82. The summed E-state index contributed by atoms with van der Waals surface area (Å²) in [4.78, 5) is 34.6. The van der Waals surface area contributed by atoms with Gasteiger partial charge in [-0.3, -0.25) is 4.79 Å². The highest BCUT2D eigenvalue weighted by Gasteiger charge is 2.24. The molecular weight excluding hydrogens is 510 g/mol. The third kappa shape index (κ3) is 7.25. The van der Waals surface area contributed by atoms with E-state index in [1.807, 2.05) is 42.5 Å². The molecule has 10 nitrogen and oxygen atoms in total. The van der Waals surface area contributed by atoms with Crippen LogP contribution in [0.4, 0.5) is 10.6 Å². The molecule has 40 heavy (non-hydrogen) atoms. The smallest absolute Gasteiger partial charge is 0.407 e. The summed E-state index contributed by atoms with van der Waals surface area (Å²) in [6, 6.07) is 13.2. The molecule has 1 atom stereocenters. The van der Waals surface area contributed by atoms with Crippen molar-refractivity contribution in [2.45, 2.75) is 38.2 Å². The zero-order chi connectivity index (χ0) is 27.7. The number of aliphatic hydroxyl groups is 1. The molecule has 1 aliphatic carbocycles. The van der Waals surface area contributed by atoms with Gasteiger partial charge in [0.1, 0.15) is 11.9 Å². The van der Waals surface area contributed by atoms with E-state index < -0.39 is 0 Å². The minimum atomic E-state index is -0.362. The summed E-state index contributed by atoms with van der Waals surface area (Å²) in [7, 11) is 0. The van der Waals surface area contributed by atoms with Gasteiger partial charge in [-0.2, -0.15) is 0 Å². The van der Waals surface area contributed by atoms with E-state index in [9.17, 15) is 9.59 Å². The standard InChI is InChI=1S/C30H37N5O5/c36-13-12-31-28-10-9-22(18-32-28)27-15-25(24-3-1-2-4-26(24)35-27)29(37)33-16-20-5-7-21(8-6-20)17-34-30(38)40-23-11-14-39-19-23/h1-4,9-10,15,18,20-21,23,36H,5-8,11-14,16-17,19H2,(H,31,32)(H,33,37)(H,34,38)/t20?,21?,23-/m0/s1. The fourth-order valence-electron chi connectivity index (χ4n) is 5.34. The Morgan fingerprint density at radius 2 is 1.77 bits per heavy atom. The number of para-hydroxylation sites is 1. The average Bonchev–Trinajstić information content (AvgIpc) is 3.51.